The maximum Gasteiger partial charge on any atom is 0.234 e. The molecule has 0 amide bonds. The standard InChI is InChI=1S/C7H7ClFIN2/c1-12(2)5-3-4(10)6(8)7(9)11-5/h3H,1-2H3. The number of aromatic nitrogens is 1. The summed E-state index contributed by atoms with van der Waals surface area (Å²) in [4.78, 5) is 5.38. The molecule has 0 saturated carbocycles. The van der Waals surface area contributed by atoms with E-state index in [-0.39, 0.29) is 5.02 Å². The molecule has 0 aliphatic rings. The zero-order valence-electron chi connectivity index (χ0n) is 6.61. The van der Waals surface area contributed by atoms with Gasteiger partial charge in [-0.1, -0.05) is 11.6 Å². The van der Waals surface area contributed by atoms with Crippen molar-refractivity contribution in [2.45, 2.75) is 0 Å². The molecule has 0 aliphatic heterocycles. The first-order chi connectivity index (χ1) is 5.52. The first kappa shape index (κ1) is 9.98. The molecule has 0 unspecified atom stereocenters. The molecule has 1 aromatic heterocycles. The van der Waals surface area contributed by atoms with E-state index in [4.69, 9.17) is 11.6 Å². The molecule has 0 aromatic carbocycles. The molecule has 0 fully saturated rings. The van der Waals surface area contributed by atoms with E-state index in [0.29, 0.717) is 9.39 Å². The Labute approximate surface area is 88.9 Å². The van der Waals surface area contributed by atoms with Crippen molar-refractivity contribution in [3.63, 3.8) is 0 Å². The van der Waals surface area contributed by atoms with Gasteiger partial charge in [-0.15, -0.1) is 0 Å². The lowest BCUT2D eigenvalue weighted by Gasteiger charge is -2.11. The van der Waals surface area contributed by atoms with Gasteiger partial charge >= 0.3 is 0 Å². The molecule has 0 bridgehead atoms. The molecule has 1 aromatic rings. The van der Waals surface area contributed by atoms with Gasteiger partial charge in [0, 0.05) is 17.7 Å². The van der Waals surface area contributed by atoms with Crippen molar-refractivity contribution in [3.05, 3.63) is 20.6 Å². The van der Waals surface area contributed by atoms with Gasteiger partial charge in [0.1, 0.15) is 10.8 Å². The Hall–Kier alpha value is -0.100. The maximum atomic E-state index is 12.9. The van der Waals surface area contributed by atoms with Crippen LogP contribution in [0.15, 0.2) is 6.07 Å². The number of anilines is 1. The monoisotopic (exact) mass is 300 g/mol. The SMILES string of the molecule is CN(C)c1cc(I)c(Cl)c(F)n1. The van der Waals surface area contributed by atoms with Gasteiger partial charge in [-0.2, -0.15) is 4.39 Å². The molecule has 12 heavy (non-hydrogen) atoms. The molecular formula is C7H7ClFIN2. The van der Waals surface area contributed by atoms with E-state index < -0.39 is 5.95 Å². The molecule has 0 atom stereocenters. The molecule has 2 nitrogen and oxygen atoms in total. The lowest BCUT2D eigenvalue weighted by atomic mass is 10.4. The van der Waals surface area contributed by atoms with Crippen LogP contribution in [0.5, 0.6) is 0 Å². The van der Waals surface area contributed by atoms with Crippen LogP contribution < -0.4 is 4.90 Å². The highest BCUT2D eigenvalue weighted by molar-refractivity contribution is 14.1. The Morgan fingerprint density at radius 3 is 2.58 bits per heavy atom. The molecule has 0 saturated heterocycles. The fourth-order valence-electron chi connectivity index (χ4n) is 0.686. The Bertz CT molecular complexity index is 280. The van der Waals surface area contributed by atoms with E-state index >= 15 is 0 Å². The van der Waals surface area contributed by atoms with Crippen molar-refractivity contribution in [3.8, 4) is 0 Å². The number of nitrogens with zero attached hydrogens (tertiary/aromatic N) is 2. The van der Waals surface area contributed by atoms with Crippen molar-refractivity contribution < 1.29 is 4.39 Å². The minimum atomic E-state index is -0.618. The van der Waals surface area contributed by atoms with Crippen LogP contribution in [0.3, 0.4) is 0 Å². The highest BCUT2D eigenvalue weighted by atomic mass is 127. The van der Waals surface area contributed by atoms with Gasteiger partial charge in [-0.05, 0) is 28.7 Å². The van der Waals surface area contributed by atoms with Crippen LogP contribution in [-0.2, 0) is 0 Å². The first-order valence-corrected chi connectivity index (χ1v) is 4.67. The predicted octanol–water partition coefficient (Wildman–Crippen LogP) is 2.54. The summed E-state index contributed by atoms with van der Waals surface area (Å²) in [6, 6.07) is 1.73. The van der Waals surface area contributed by atoms with Crippen molar-refractivity contribution in [2.24, 2.45) is 0 Å². The van der Waals surface area contributed by atoms with E-state index in [0.717, 1.165) is 0 Å². The molecule has 0 aliphatic carbocycles. The summed E-state index contributed by atoms with van der Waals surface area (Å²) >= 11 is 7.56. The van der Waals surface area contributed by atoms with E-state index in [1.54, 1.807) is 25.1 Å². The minimum Gasteiger partial charge on any atom is -0.363 e. The van der Waals surface area contributed by atoms with Gasteiger partial charge in [0.25, 0.3) is 0 Å². The molecule has 66 valence electrons. The molecule has 0 N–H and O–H groups in total. The Morgan fingerprint density at radius 1 is 1.58 bits per heavy atom. The summed E-state index contributed by atoms with van der Waals surface area (Å²) in [6.45, 7) is 0. The predicted molar refractivity (Wildman–Crippen MR) is 56.2 cm³/mol. The third kappa shape index (κ3) is 1.98. The Morgan fingerprint density at radius 2 is 2.17 bits per heavy atom. The van der Waals surface area contributed by atoms with Crippen molar-refractivity contribution in [1.29, 1.82) is 0 Å². The van der Waals surface area contributed by atoms with Crippen LogP contribution in [0.1, 0.15) is 0 Å². The van der Waals surface area contributed by atoms with Gasteiger partial charge in [-0.25, -0.2) is 4.98 Å². The van der Waals surface area contributed by atoms with Crippen molar-refractivity contribution >= 4 is 40.0 Å². The van der Waals surface area contributed by atoms with Gasteiger partial charge < -0.3 is 4.90 Å². The van der Waals surface area contributed by atoms with Crippen LogP contribution >= 0.6 is 34.2 Å². The number of halogens is 3. The summed E-state index contributed by atoms with van der Waals surface area (Å²) in [5, 5.41) is 0.0844. The van der Waals surface area contributed by atoms with Crippen LogP contribution in [0.2, 0.25) is 5.02 Å². The fraction of sp³-hybridized carbons (Fsp3) is 0.286. The molecular weight excluding hydrogens is 293 g/mol. The van der Waals surface area contributed by atoms with Gasteiger partial charge in [0.15, 0.2) is 0 Å². The smallest absolute Gasteiger partial charge is 0.234 e. The molecule has 0 spiro atoms. The van der Waals surface area contributed by atoms with Crippen LogP contribution in [-0.4, -0.2) is 19.1 Å². The van der Waals surface area contributed by atoms with E-state index in [9.17, 15) is 4.39 Å². The maximum absolute atomic E-state index is 12.9. The van der Waals surface area contributed by atoms with Crippen LogP contribution in [0.25, 0.3) is 0 Å². The second kappa shape index (κ2) is 3.74. The largest absolute Gasteiger partial charge is 0.363 e. The van der Waals surface area contributed by atoms with Gasteiger partial charge in [0.2, 0.25) is 5.95 Å². The lowest BCUT2D eigenvalue weighted by molar-refractivity contribution is 0.583. The summed E-state index contributed by atoms with van der Waals surface area (Å²) in [7, 11) is 3.59. The normalized spacial score (nSPS) is 10.1. The Balaban J connectivity index is 3.21. The topological polar surface area (TPSA) is 16.1 Å². The summed E-state index contributed by atoms with van der Waals surface area (Å²) < 4.78 is 13.6. The quantitative estimate of drug-likeness (QED) is 0.585. The van der Waals surface area contributed by atoms with E-state index in [2.05, 4.69) is 4.98 Å². The number of hydrogen-bond acceptors (Lipinski definition) is 2. The zero-order chi connectivity index (χ0) is 9.30. The van der Waals surface area contributed by atoms with Gasteiger partial charge in [0.05, 0.1) is 0 Å². The van der Waals surface area contributed by atoms with Crippen LogP contribution in [0.4, 0.5) is 10.2 Å². The number of rotatable bonds is 1. The minimum absolute atomic E-state index is 0.0844. The average Bonchev–Trinajstić information content (AvgIpc) is 1.99. The molecule has 0 radical (unpaired) electrons. The second-order valence-corrected chi connectivity index (χ2v) is 4.00. The fourth-order valence-corrected chi connectivity index (χ4v) is 1.28. The molecule has 5 heteroatoms. The summed E-state index contributed by atoms with van der Waals surface area (Å²) in [5.74, 6) is -0.0476. The Kier molecular flexibility index (Phi) is 3.11. The first-order valence-electron chi connectivity index (χ1n) is 3.21. The third-order valence-corrected chi connectivity index (χ3v) is 2.85. The lowest BCUT2D eigenvalue weighted by Crippen LogP contribution is -2.11. The molecule has 1 rings (SSSR count). The average molecular weight is 301 g/mol. The number of pyridine rings is 1. The highest BCUT2D eigenvalue weighted by Gasteiger charge is 2.08. The van der Waals surface area contributed by atoms with Gasteiger partial charge in [-0.3, -0.25) is 0 Å². The summed E-state index contributed by atoms with van der Waals surface area (Å²) in [5.41, 5.74) is 0. The molecule has 1 heterocycles. The van der Waals surface area contributed by atoms with Crippen LogP contribution in [0, 0.1) is 9.52 Å². The second-order valence-electron chi connectivity index (χ2n) is 2.46. The third-order valence-electron chi connectivity index (χ3n) is 1.32. The highest BCUT2D eigenvalue weighted by Crippen LogP contribution is 2.23. The number of hydrogen-bond donors (Lipinski definition) is 0. The van der Waals surface area contributed by atoms with E-state index in [1.807, 2.05) is 22.6 Å². The van der Waals surface area contributed by atoms with Crippen molar-refractivity contribution in [1.82, 2.24) is 4.98 Å². The summed E-state index contributed by atoms with van der Waals surface area (Å²) in [6.07, 6.45) is 0. The zero-order valence-corrected chi connectivity index (χ0v) is 9.52. The van der Waals surface area contributed by atoms with Crippen molar-refractivity contribution in [2.75, 3.05) is 19.0 Å². The van der Waals surface area contributed by atoms with E-state index in [1.165, 1.54) is 0 Å².